The fourth-order valence-electron chi connectivity index (χ4n) is 2.81. The number of piperidine rings is 1. The highest BCUT2D eigenvalue weighted by Crippen LogP contribution is 2.22. The molecule has 19 heavy (non-hydrogen) atoms. The van der Waals surface area contributed by atoms with Gasteiger partial charge in [-0.2, -0.15) is 0 Å². The number of Topliss-reactive ketones (excluding diaryl/α,β-unsaturated/α-hetero) is 1. The van der Waals surface area contributed by atoms with Gasteiger partial charge in [-0.1, -0.05) is 6.92 Å². The summed E-state index contributed by atoms with van der Waals surface area (Å²) < 4.78 is 12.8. The van der Waals surface area contributed by atoms with Crippen molar-refractivity contribution in [3.05, 3.63) is 35.6 Å². The molecule has 1 aliphatic rings. The summed E-state index contributed by atoms with van der Waals surface area (Å²) >= 11 is 0. The number of halogens is 1. The molecular formula is C16H22FNO. The fraction of sp³-hybridized carbons (Fsp3) is 0.562. The van der Waals surface area contributed by atoms with Crippen molar-refractivity contribution in [2.45, 2.75) is 39.2 Å². The van der Waals surface area contributed by atoms with Crippen LogP contribution in [0.5, 0.6) is 0 Å². The molecule has 1 fully saturated rings. The second-order valence-corrected chi connectivity index (χ2v) is 5.69. The summed E-state index contributed by atoms with van der Waals surface area (Å²) in [5.41, 5.74) is 0.611. The van der Waals surface area contributed by atoms with Gasteiger partial charge in [-0.3, -0.25) is 4.79 Å². The molecule has 0 spiro atoms. The first-order chi connectivity index (χ1) is 9.06. The average Bonchev–Trinajstić information content (AvgIpc) is 2.38. The fourth-order valence-corrected chi connectivity index (χ4v) is 2.81. The van der Waals surface area contributed by atoms with Crippen LogP contribution < -0.4 is 0 Å². The van der Waals surface area contributed by atoms with Crippen molar-refractivity contribution in [1.29, 1.82) is 0 Å². The quantitative estimate of drug-likeness (QED) is 0.775. The van der Waals surface area contributed by atoms with E-state index in [4.69, 9.17) is 0 Å². The predicted molar refractivity (Wildman–Crippen MR) is 74.8 cm³/mol. The molecule has 0 aromatic heterocycles. The lowest BCUT2D eigenvalue weighted by molar-refractivity contribution is 0.0910. The monoisotopic (exact) mass is 263 g/mol. The van der Waals surface area contributed by atoms with E-state index in [9.17, 15) is 9.18 Å². The number of hydrogen-bond acceptors (Lipinski definition) is 2. The minimum Gasteiger partial charge on any atom is -0.300 e. The zero-order chi connectivity index (χ0) is 13.8. The maximum Gasteiger partial charge on any atom is 0.164 e. The Morgan fingerprint density at radius 1 is 1.32 bits per heavy atom. The van der Waals surface area contributed by atoms with Gasteiger partial charge in [-0.15, -0.1) is 0 Å². The van der Waals surface area contributed by atoms with Crippen molar-refractivity contribution < 1.29 is 9.18 Å². The molecule has 1 aliphatic heterocycles. The van der Waals surface area contributed by atoms with Gasteiger partial charge in [0, 0.05) is 24.6 Å². The Kier molecular flexibility index (Phi) is 4.70. The molecule has 3 heteroatoms. The van der Waals surface area contributed by atoms with Gasteiger partial charge < -0.3 is 4.90 Å². The van der Waals surface area contributed by atoms with E-state index >= 15 is 0 Å². The SMILES string of the molecule is CC1CCN(CCC(=O)c2ccc(F)cc2)C(C)C1. The van der Waals surface area contributed by atoms with Crippen LogP contribution in [0.3, 0.4) is 0 Å². The molecule has 2 atom stereocenters. The molecule has 0 radical (unpaired) electrons. The summed E-state index contributed by atoms with van der Waals surface area (Å²) in [7, 11) is 0. The predicted octanol–water partition coefficient (Wildman–Crippen LogP) is 3.52. The summed E-state index contributed by atoms with van der Waals surface area (Å²) in [5, 5.41) is 0. The van der Waals surface area contributed by atoms with E-state index in [-0.39, 0.29) is 11.6 Å². The third-order valence-electron chi connectivity index (χ3n) is 4.07. The molecule has 0 bridgehead atoms. The second kappa shape index (κ2) is 6.29. The highest BCUT2D eigenvalue weighted by atomic mass is 19.1. The number of ketones is 1. The lowest BCUT2D eigenvalue weighted by Crippen LogP contribution is -2.41. The largest absolute Gasteiger partial charge is 0.300 e. The van der Waals surface area contributed by atoms with Crippen molar-refractivity contribution in [2.75, 3.05) is 13.1 Å². The molecule has 104 valence electrons. The van der Waals surface area contributed by atoms with Gasteiger partial charge in [0.15, 0.2) is 5.78 Å². The van der Waals surface area contributed by atoms with Crippen LogP contribution in [0.2, 0.25) is 0 Å². The molecule has 0 N–H and O–H groups in total. The smallest absolute Gasteiger partial charge is 0.164 e. The summed E-state index contributed by atoms with van der Waals surface area (Å²) in [4.78, 5) is 14.4. The number of carbonyl (C=O) groups excluding carboxylic acids is 1. The maximum atomic E-state index is 12.8. The number of likely N-dealkylation sites (tertiary alicyclic amines) is 1. The van der Waals surface area contributed by atoms with E-state index in [2.05, 4.69) is 18.7 Å². The zero-order valence-corrected chi connectivity index (χ0v) is 11.7. The molecule has 2 rings (SSSR count). The summed E-state index contributed by atoms with van der Waals surface area (Å²) in [6, 6.07) is 6.39. The normalized spacial score (nSPS) is 24.4. The lowest BCUT2D eigenvalue weighted by Gasteiger charge is -2.36. The van der Waals surface area contributed by atoms with Gasteiger partial charge in [0.05, 0.1) is 0 Å². The first-order valence-electron chi connectivity index (χ1n) is 7.09. The van der Waals surface area contributed by atoms with Crippen molar-refractivity contribution in [3.8, 4) is 0 Å². The molecule has 2 nitrogen and oxygen atoms in total. The number of carbonyl (C=O) groups is 1. The third kappa shape index (κ3) is 3.87. The molecule has 0 aliphatic carbocycles. The summed E-state index contributed by atoms with van der Waals surface area (Å²) in [6.45, 7) is 6.42. The zero-order valence-electron chi connectivity index (χ0n) is 11.7. The highest BCUT2D eigenvalue weighted by Gasteiger charge is 2.23. The van der Waals surface area contributed by atoms with E-state index < -0.39 is 0 Å². The Morgan fingerprint density at radius 3 is 2.63 bits per heavy atom. The molecule has 1 heterocycles. The average molecular weight is 263 g/mol. The Hall–Kier alpha value is -1.22. The van der Waals surface area contributed by atoms with Crippen molar-refractivity contribution in [2.24, 2.45) is 5.92 Å². The molecular weight excluding hydrogens is 241 g/mol. The van der Waals surface area contributed by atoms with Gasteiger partial charge in [-0.05, 0) is 56.5 Å². The Morgan fingerprint density at radius 2 is 2.00 bits per heavy atom. The molecule has 2 unspecified atom stereocenters. The Bertz CT molecular complexity index is 429. The molecule has 1 aromatic carbocycles. The van der Waals surface area contributed by atoms with Crippen LogP contribution in [-0.4, -0.2) is 29.8 Å². The van der Waals surface area contributed by atoms with E-state index in [1.807, 2.05) is 0 Å². The molecule has 1 saturated heterocycles. The Labute approximate surface area is 114 Å². The number of nitrogens with zero attached hydrogens (tertiary/aromatic N) is 1. The van der Waals surface area contributed by atoms with Crippen LogP contribution in [-0.2, 0) is 0 Å². The molecule has 0 saturated carbocycles. The first-order valence-corrected chi connectivity index (χ1v) is 7.09. The Balaban J connectivity index is 1.85. The van der Waals surface area contributed by atoms with Gasteiger partial charge in [0.2, 0.25) is 0 Å². The number of hydrogen-bond donors (Lipinski definition) is 0. The minimum atomic E-state index is -0.296. The van der Waals surface area contributed by atoms with Crippen molar-refractivity contribution in [1.82, 2.24) is 4.90 Å². The van der Waals surface area contributed by atoms with Gasteiger partial charge in [0.1, 0.15) is 5.82 Å². The molecule has 0 amide bonds. The van der Waals surface area contributed by atoms with Crippen LogP contribution >= 0.6 is 0 Å². The number of rotatable bonds is 4. The van der Waals surface area contributed by atoms with Crippen LogP contribution in [0, 0.1) is 11.7 Å². The minimum absolute atomic E-state index is 0.103. The first kappa shape index (κ1) is 14.2. The van der Waals surface area contributed by atoms with E-state index in [1.54, 1.807) is 12.1 Å². The summed E-state index contributed by atoms with van der Waals surface area (Å²) in [5.74, 6) is 0.597. The number of benzene rings is 1. The molecule has 1 aromatic rings. The van der Waals surface area contributed by atoms with Crippen molar-refractivity contribution in [3.63, 3.8) is 0 Å². The third-order valence-corrected chi connectivity index (χ3v) is 4.07. The van der Waals surface area contributed by atoms with E-state index in [0.717, 1.165) is 19.0 Å². The van der Waals surface area contributed by atoms with Gasteiger partial charge in [0.25, 0.3) is 0 Å². The summed E-state index contributed by atoms with van der Waals surface area (Å²) in [6.07, 6.45) is 2.95. The van der Waals surface area contributed by atoms with Crippen LogP contribution in [0.1, 0.15) is 43.5 Å². The second-order valence-electron chi connectivity index (χ2n) is 5.69. The van der Waals surface area contributed by atoms with Crippen LogP contribution in [0.15, 0.2) is 24.3 Å². The lowest BCUT2D eigenvalue weighted by atomic mass is 9.93. The van der Waals surface area contributed by atoms with E-state index in [0.29, 0.717) is 18.0 Å². The van der Waals surface area contributed by atoms with E-state index in [1.165, 1.54) is 25.0 Å². The standard InChI is InChI=1S/C16H22FNO/c1-12-7-9-18(13(2)11-12)10-8-16(19)14-3-5-15(17)6-4-14/h3-6,12-13H,7-11H2,1-2H3. The van der Waals surface area contributed by atoms with Crippen LogP contribution in [0.4, 0.5) is 4.39 Å². The van der Waals surface area contributed by atoms with Crippen molar-refractivity contribution >= 4 is 5.78 Å². The van der Waals surface area contributed by atoms with Gasteiger partial charge >= 0.3 is 0 Å². The van der Waals surface area contributed by atoms with Crippen LogP contribution in [0.25, 0.3) is 0 Å². The maximum absolute atomic E-state index is 12.8. The topological polar surface area (TPSA) is 20.3 Å². The highest BCUT2D eigenvalue weighted by molar-refractivity contribution is 5.96. The van der Waals surface area contributed by atoms with Gasteiger partial charge in [-0.25, -0.2) is 4.39 Å².